The molecule has 6 rings (SSSR count). The van der Waals surface area contributed by atoms with Gasteiger partial charge in [-0.25, -0.2) is 22.9 Å². The number of rotatable bonds is 11. The molecule has 0 spiro atoms. The van der Waals surface area contributed by atoms with Crippen LogP contribution < -0.4 is 0 Å². The predicted octanol–water partition coefficient (Wildman–Crippen LogP) is 5.06. The third-order valence-corrected chi connectivity index (χ3v) is 9.71. The quantitative estimate of drug-likeness (QED) is 0.129. The number of aromatic nitrogens is 3. The van der Waals surface area contributed by atoms with Crippen molar-refractivity contribution in [3.63, 3.8) is 0 Å². The van der Waals surface area contributed by atoms with Crippen LogP contribution in [0, 0.1) is 0 Å². The number of sulfone groups is 1. The van der Waals surface area contributed by atoms with E-state index in [2.05, 4.69) is 10.1 Å². The van der Waals surface area contributed by atoms with Crippen molar-refractivity contribution in [3.05, 3.63) is 150 Å². The second-order valence-corrected chi connectivity index (χ2v) is 12.4. The van der Waals surface area contributed by atoms with Gasteiger partial charge in [-0.05, 0) is 41.7 Å². The Kier molecular flexibility index (Phi) is 7.60. The lowest BCUT2D eigenvalue weighted by Crippen LogP contribution is -2.38. The van der Waals surface area contributed by atoms with Gasteiger partial charge in [-0.15, -0.1) is 0 Å². The molecule has 1 heterocycles. The molecule has 1 saturated carbocycles. The Morgan fingerprint density at radius 1 is 0.837 bits per heavy atom. The van der Waals surface area contributed by atoms with Crippen LogP contribution in [-0.4, -0.2) is 45.2 Å². The number of hydrogen-bond donors (Lipinski definition) is 1. The van der Waals surface area contributed by atoms with E-state index in [-0.39, 0.29) is 28.0 Å². The lowest BCUT2D eigenvalue weighted by molar-refractivity contribution is -0.129. The Morgan fingerprint density at radius 3 is 1.81 bits per heavy atom. The van der Waals surface area contributed by atoms with Crippen LogP contribution in [-0.2, 0) is 31.6 Å². The van der Waals surface area contributed by atoms with Crippen LogP contribution in [0.1, 0.15) is 40.9 Å². The van der Waals surface area contributed by atoms with Crippen LogP contribution in [0.5, 0.6) is 0 Å². The zero-order valence-corrected chi connectivity index (χ0v) is 23.8. The van der Waals surface area contributed by atoms with Gasteiger partial charge in [-0.2, -0.15) is 5.10 Å². The first-order chi connectivity index (χ1) is 20.9. The van der Waals surface area contributed by atoms with Gasteiger partial charge in [0, 0.05) is 5.56 Å². The van der Waals surface area contributed by atoms with Crippen LogP contribution >= 0.6 is 0 Å². The van der Waals surface area contributed by atoms with Gasteiger partial charge in [0.15, 0.2) is 28.0 Å². The van der Waals surface area contributed by atoms with E-state index in [1.807, 2.05) is 91.0 Å². The van der Waals surface area contributed by atoms with Crippen LogP contribution in [0.15, 0.2) is 132 Å². The summed E-state index contributed by atoms with van der Waals surface area (Å²) < 4.78 is 26.8. The minimum Gasteiger partial charge on any atom is -0.476 e. The van der Waals surface area contributed by atoms with Gasteiger partial charge in [0.2, 0.25) is 0 Å². The van der Waals surface area contributed by atoms with Gasteiger partial charge in [0.25, 0.3) is 0 Å². The van der Waals surface area contributed by atoms with Crippen molar-refractivity contribution in [3.8, 4) is 0 Å². The fraction of sp³-hybridized carbons (Fsp3) is 0.152. The lowest BCUT2D eigenvalue weighted by Gasteiger charge is -2.35. The van der Waals surface area contributed by atoms with E-state index >= 15 is 0 Å². The monoisotopic (exact) mass is 592 g/mol. The number of hydrogen-bond acceptors (Lipinski definition) is 7. The molecule has 43 heavy (non-hydrogen) atoms. The highest BCUT2D eigenvalue weighted by molar-refractivity contribution is 7.92. The molecule has 5 aromatic rings. The summed E-state index contributed by atoms with van der Waals surface area (Å²) in [5.41, 5.74) is 1.93. The number of carbonyl (C=O) groups is 1. The minimum absolute atomic E-state index is 0.165. The molecule has 10 heteroatoms. The molecule has 0 atom stereocenters. The van der Waals surface area contributed by atoms with Gasteiger partial charge < -0.3 is 9.94 Å². The van der Waals surface area contributed by atoms with Gasteiger partial charge in [0.1, 0.15) is 11.9 Å². The van der Waals surface area contributed by atoms with Crippen LogP contribution in [0.2, 0.25) is 0 Å². The molecule has 0 amide bonds. The number of carboxylic acids is 1. The minimum atomic E-state index is -3.39. The zero-order valence-electron chi connectivity index (χ0n) is 23.0. The van der Waals surface area contributed by atoms with E-state index in [4.69, 9.17) is 9.94 Å². The molecule has 0 unspecified atom stereocenters. The maximum absolute atomic E-state index is 12.5. The SMILES string of the molecule is O=C(O)/C(=N/OCc1ncn(C(c2ccccc2)(c2ccccc2)c2ccccc2)n1)c1ccc(S(=O)(=O)C2CC2)cc1. The van der Waals surface area contributed by atoms with Crippen LogP contribution in [0.25, 0.3) is 0 Å². The van der Waals surface area contributed by atoms with E-state index < -0.39 is 21.3 Å². The van der Waals surface area contributed by atoms with Gasteiger partial charge >= 0.3 is 5.97 Å². The van der Waals surface area contributed by atoms with Crippen molar-refractivity contribution in [1.29, 1.82) is 0 Å². The summed E-state index contributed by atoms with van der Waals surface area (Å²) in [6, 6.07) is 35.7. The molecular formula is C33H28N4O5S. The Balaban J connectivity index is 1.31. The van der Waals surface area contributed by atoms with Crippen molar-refractivity contribution in [2.24, 2.45) is 5.16 Å². The summed E-state index contributed by atoms with van der Waals surface area (Å²) in [5, 5.41) is 18.1. The largest absolute Gasteiger partial charge is 0.476 e. The number of nitrogens with zero attached hydrogens (tertiary/aromatic N) is 4. The van der Waals surface area contributed by atoms with E-state index in [0.29, 0.717) is 18.7 Å². The molecule has 216 valence electrons. The highest BCUT2D eigenvalue weighted by atomic mass is 32.2. The third kappa shape index (κ3) is 5.44. The normalized spacial score (nSPS) is 13.9. The number of oxime groups is 1. The highest BCUT2D eigenvalue weighted by Gasteiger charge is 2.40. The lowest BCUT2D eigenvalue weighted by atomic mass is 9.77. The number of aliphatic carboxylic acids is 1. The van der Waals surface area contributed by atoms with Crippen molar-refractivity contribution in [2.75, 3.05) is 0 Å². The van der Waals surface area contributed by atoms with Gasteiger partial charge in [-0.3, -0.25) is 0 Å². The first-order valence-electron chi connectivity index (χ1n) is 13.8. The first kappa shape index (κ1) is 28.0. The number of benzene rings is 4. The summed E-state index contributed by atoms with van der Waals surface area (Å²) in [4.78, 5) is 22.1. The highest BCUT2D eigenvalue weighted by Crippen LogP contribution is 2.40. The smallest absolute Gasteiger partial charge is 0.358 e. The van der Waals surface area contributed by atoms with Crippen molar-refractivity contribution in [1.82, 2.24) is 14.8 Å². The third-order valence-electron chi connectivity index (χ3n) is 7.43. The average Bonchev–Trinajstić information content (AvgIpc) is 3.81. The molecule has 1 N–H and O–H groups in total. The molecule has 1 aromatic heterocycles. The molecule has 0 radical (unpaired) electrons. The molecule has 9 nitrogen and oxygen atoms in total. The Labute approximate surface area is 249 Å². The molecule has 1 fully saturated rings. The number of carboxylic acid groups (broad SMARTS) is 1. The Hall–Kier alpha value is -5.09. The van der Waals surface area contributed by atoms with Crippen LogP contribution in [0.4, 0.5) is 0 Å². The molecule has 0 bridgehead atoms. The molecule has 4 aromatic carbocycles. The fourth-order valence-electron chi connectivity index (χ4n) is 5.20. The summed E-state index contributed by atoms with van der Waals surface area (Å²) in [6.45, 7) is -0.188. The summed E-state index contributed by atoms with van der Waals surface area (Å²) >= 11 is 0. The standard InChI is InChI=1S/C33H28N4O5S/c38-32(39)31(24-16-18-28(19-17-24)43(40,41)29-20-21-29)36-42-22-30-34-23-37(35-30)33(25-10-4-1-5-11-25,26-12-6-2-7-13-26)27-14-8-3-9-15-27/h1-19,23,29H,20-22H2,(H,38,39)/b36-31+. The molecule has 0 aliphatic heterocycles. The molecular weight excluding hydrogens is 564 g/mol. The second-order valence-electron chi connectivity index (χ2n) is 10.2. The van der Waals surface area contributed by atoms with Crippen molar-refractivity contribution < 1.29 is 23.2 Å². The Morgan fingerprint density at radius 2 is 1.35 bits per heavy atom. The zero-order chi connectivity index (χ0) is 29.9. The van der Waals surface area contributed by atoms with Crippen molar-refractivity contribution >= 4 is 21.5 Å². The molecule has 0 saturated heterocycles. The average molecular weight is 593 g/mol. The van der Waals surface area contributed by atoms with Crippen molar-refractivity contribution in [2.45, 2.75) is 35.1 Å². The fourth-order valence-corrected chi connectivity index (χ4v) is 6.86. The van der Waals surface area contributed by atoms with Gasteiger partial charge in [-0.1, -0.05) is 108 Å². The van der Waals surface area contributed by atoms with Gasteiger partial charge in [0.05, 0.1) is 10.1 Å². The molecule has 1 aliphatic carbocycles. The summed E-state index contributed by atoms with van der Waals surface area (Å²) in [5.74, 6) is -1.01. The maximum Gasteiger partial charge on any atom is 0.358 e. The maximum atomic E-state index is 12.5. The Bertz CT molecular complexity index is 1760. The molecule has 1 aliphatic rings. The summed E-state index contributed by atoms with van der Waals surface area (Å²) in [7, 11) is -3.39. The van der Waals surface area contributed by atoms with Crippen LogP contribution in [0.3, 0.4) is 0 Å². The van der Waals surface area contributed by atoms with E-state index in [1.54, 1.807) is 11.0 Å². The van der Waals surface area contributed by atoms with E-state index in [9.17, 15) is 18.3 Å². The predicted molar refractivity (Wildman–Crippen MR) is 160 cm³/mol. The second kappa shape index (κ2) is 11.7. The van der Waals surface area contributed by atoms with E-state index in [0.717, 1.165) is 16.7 Å². The van der Waals surface area contributed by atoms with E-state index in [1.165, 1.54) is 24.3 Å². The topological polar surface area (TPSA) is 124 Å². The first-order valence-corrected chi connectivity index (χ1v) is 15.3. The summed E-state index contributed by atoms with van der Waals surface area (Å²) in [6.07, 6.45) is 2.92.